The van der Waals surface area contributed by atoms with E-state index in [-0.39, 0.29) is 18.5 Å². The summed E-state index contributed by atoms with van der Waals surface area (Å²) in [5.41, 5.74) is 0. The molecule has 0 radical (unpaired) electrons. The number of aliphatic hydroxyl groups is 2. The molecule has 0 aromatic rings. The first-order valence-corrected chi connectivity index (χ1v) is 32.9. The number of aliphatic hydroxyl groups excluding tert-OH is 2. The van der Waals surface area contributed by atoms with E-state index in [1.165, 1.54) is 270 Å². The summed E-state index contributed by atoms with van der Waals surface area (Å²) in [5, 5.41) is 23.1. The number of rotatable bonds is 61. The van der Waals surface area contributed by atoms with E-state index in [2.05, 4.69) is 55.6 Å². The molecule has 0 aromatic carbocycles. The average molecular weight is 1040 g/mol. The van der Waals surface area contributed by atoms with Gasteiger partial charge >= 0.3 is 5.97 Å². The van der Waals surface area contributed by atoms with Gasteiger partial charge in [-0.3, -0.25) is 9.59 Å². The fourth-order valence-electron chi connectivity index (χ4n) is 10.0. The number of carbonyl (C=O) groups excluding carboxylic acids is 2. The first-order valence-electron chi connectivity index (χ1n) is 32.9. The van der Waals surface area contributed by atoms with Gasteiger partial charge in [0.2, 0.25) is 5.91 Å². The van der Waals surface area contributed by atoms with Crippen molar-refractivity contribution >= 4 is 11.9 Å². The number of ether oxygens (including phenoxy) is 1. The Morgan fingerprint density at radius 2 is 0.676 bits per heavy atom. The van der Waals surface area contributed by atoms with E-state index in [1.807, 2.05) is 6.08 Å². The maximum absolute atomic E-state index is 12.5. The molecule has 2 atom stereocenters. The molecule has 434 valence electrons. The van der Waals surface area contributed by atoms with Gasteiger partial charge in [0.1, 0.15) is 0 Å². The minimum Gasteiger partial charge on any atom is -0.466 e. The number of unbranched alkanes of at least 4 members (excludes halogenated alkanes) is 44. The Labute approximate surface area is 461 Å². The van der Waals surface area contributed by atoms with E-state index in [0.29, 0.717) is 19.4 Å². The lowest BCUT2D eigenvalue weighted by atomic mass is 10.0. The number of esters is 1. The van der Waals surface area contributed by atoms with Crippen molar-refractivity contribution in [2.24, 2.45) is 0 Å². The highest BCUT2D eigenvalue weighted by Gasteiger charge is 2.18. The number of allylic oxidation sites excluding steroid dienone is 7. The molecule has 0 saturated heterocycles. The Morgan fingerprint density at radius 1 is 0.378 bits per heavy atom. The fourth-order valence-corrected chi connectivity index (χ4v) is 10.0. The monoisotopic (exact) mass is 1040 g/mol. The molecule has 0 heterocycles. The van der Waals surface area contributed by atoms with Crippen LogP contribution in [0, 0.1) is 0 Å². The molecule has 74 heavy (non-hydrogen) atoms. The lowest BCUT2D eigenvalue weighted by molar-refractivity contribution is -0.143. The molecule has 3 N–H and O–H groups in total. The van der Waals surface area contributed by atoms with Gasteiger partial charge in [0.15, 0.2) is 0 Å². The SMILES string of the molecule is CCCCCCCCC/C=C\CCCCCCCCCC(=O)OCCCCCCCCCCC/C=C\C/C=C\CCCCCCCCCCCC(=O)NC(CO)C(O)/C=C/CCCCCCCCCCCCCC. The number of hydrogen-bond acceptors (Lipinski definition) is 5. The first kappa shape index (κ1) is 71.8. The third-order valence-corrected chi connectivity index (χ3v) is 15.1. The van der Waals surface area contributed by atoms with Crippen molar-refractivity contribution in [2.45, 2.75) is 360 Å². The minimum absolute atomic E-state index is 0.00556. The summed E-state index contributed by atoms with van der Waals surface area (Å²) in [5.74, 6) is -0.0681. The Kier molecular flexibility index (Phi) is 61.5. The largest absolute Gasteiger partial charge is 0.466 e. The predicted molar refractivity (Wildman–Crippen MR) is 324 cm³/mol. The topological polar surface area (TPSA) is 95.9 Å². The number of hydrogen-bond donors (Lipinski definition) is 3. The highest BCUT2D eigenvalue weighted by Crippen LogP contribution is 2.17. The zero-order chi connectivity index (χ0) is 53.6. The van der Waals surface area contributed by atoms with Crippen LogP contribution >= 0.6 is 0 Å². The van der Waals surface area contributed by atoms with E-state index in [1.54, 1.807) is 6.08 Å². The van der Waals surface area contributed by atoms with Crippen molar-refractivity contribution in [3.05, 3.63) is 48.6 Å². The van der Waals surface area contributed by atoms with Gasteiger partial charge in [-0.05, 0) is 89.9 Å². The van der Waals surface area contributed by atoms with Crippen LogP contribution in [-0.2, 0) is 14.3 Å². The molecule has 2 unspecified atom stereocenters. The van der Waals surface area contributed by atoms with E-state index in [4.69, 9.17) is 4.74 Å². The molecule has 0 fully saturated rings. The molecular weight excluding hydrogens is 911 g/mol. The van der Waals surface area contributed by atoms with Crippen LogP contribution in [0.3, 0.4) is 0 Å². The van der Waals surface area contributed by atoms with Crippen molar-refractivity contribution in [3.63, 3.8) is 0 Å². The molecule has 0 spiro atoms. The molecular formula is C68H127NO5. The van der Waals surface area contributed by atoms with Crippen LogP contribution in [0.15, 0.2) is 48.6 Å². The standard InChI is InChI=1S/C68H127NO5/c1-3-5-7-9-11-13-15-17-19-20-31-34-38-42-46-50-54-58-62-68(73)74-63-59-55-51-47-43-39-35-32-29-27-25-23-21-22-24-26-28-30-33-37-41-45-49-53-57-61-67(72)69-65(64-70)66(71)60-56-52-48-44-40-36-18-16-14-12-10-8-6-4-2/h19-20,22-25,56,60,65-66,70-71H,3-18,21,26-55,57-59,61-64H2,1-2H3,(H,69,72)/b20-19-,24-22-,25-23-,60-56+. The van der Waals surface area contributed by atoms with E-state index >= 15 is 0 Å². The Morgan fingerprint density at radius 3 is 1.04 bits per heavy atom. The van der Waals surface area contributed by atoms with E-state index in [0.717, 1.165) is 51.4 Å². The fraction of sp³-hybridized carbons (Fsp3) is 0.853. The lowest BCUT2D eigenvalue weighted by Gasteiger charge is -2.20. The molecule has 6 nitrogen and oxygen atoms in total. The summed E-state index contributed by atoms with van der Waals surface area (Å²) in [7, 11) is 0. The van der Waals surface area contributed by atoms with Crippen LogP contribution in [0.2, 0.25) is 0 Å². The highest BCUT2D eigenvalue weighted by molar-refractivity contribution is 5.76. The van der Waals surface area contributed by atoms with Crippen LogP contribution in [0.1, 0.15) is 348 Å². The smallest absolute Gasteiger partial charge is 0.305 e. The van der Waals surface area contributed by atoms with Gasteiger partial charge in [-0.2, -0.15) is 0 Å². The Bertz CT molecular complexity index is 1240. The van der Waals surface area contributed by atoms with Crippen molar-refractivity contribution in [1.29, 1.82) is 0 Å². The molecule has 0 aliphatic carbocycles. The predicted octanol–water partition coefficient (Wildman–Crippen LogP) is 20.9. The second-order valence-electron chi connectivity index (χ2n) is 22.4. The average Bonchev–Trinajstić information content (AvgIpc) is 3.40. The molecule has 0 rings (SSSR count). The van der Waals surface area contributed by atoms with Gasteiger partial charge in [-0.1, -0.05) is 294 Å². The van der Waals surface area contributed by atoms with Gasteiger partial charge in [-0.15, -0.1) is 0 Å². The number of amides is 1. The molecule has 6 heteroatoms. The summed E-state index contributed by atoms with van der Waals surface area (Å²) in [6.07, 6.45) is 81.6. The quantitative estimate of drug-likeness (QED) is 0.0320. The number of carbonyl (C=O) groups is 2. The molecule has 0 aromatic heterocycles. The molecule has 0 saturated carbocycles. The van der Waals surface area contributed by atoms with Gasteiger partial charge in [-0.25, -0.2) is 0 Å². The van der Waals surface area contributed by atoms with Crippen LogP contribution in [0.5, 0.6) is 0 Å². The summed E-state index contributed by atoms with van der Waals surface area (Å²) >= 11 is 0. The van der Waals surface area contributed by atoms with Crippen LogP contribution in [0.4, 0.5) is 0 Å². The zero-order valence-electron chi connectivity index (χ0n) is 49.6. The molecule has 0 bridgehead atoms. The third-order valence-electron chi connectivity index (χ3n) is 15.1. The van der Waals surface area contributed by atoms with Crippen LogP contribution < -0.4 is 5.32 Å². The Hall–Kier alpha value is -2.18. The number of nitrogens with one attached hydrogen (secondary N) is 1. The molecule has 0 aliphatic heterocycles. The van der Waals surface area contributed by atoms with Crippen molar-refractivity contribution in [3.8, 4) is 0 Å². The Balaban J connectivity index is 3.44. The van der Waals surface area contributed by atoms with Crippen molar-refractivity contribution < 1.29 is 24.5 Å². The first-order chi connectivity index (χ1) is 36.5. The van der Waals surface area contributed by atoms with Crippen LogP contribution in [0.25, 0.3) is 0 Å². The summed E-state index contributed by atoms with van der Waals surface area (Å²) < 4.78 is 5.49. The van der Waals surface area contributed by atoms with Crippen molar-refractivity contribution in [1.82, 2.24) is 5.32 Å². The summed E-state index contributed by atoms with van der Waals surface area (Å²) in [6.45, 7) is 4.91. The minimum atomic E-state index is -0.849. The summed E-state index contributed by atoms with van der Waals surface area (Å²) in [4.78, 5) is 24.6. The molecule has 0 aliphatic rings. The molecule has 1 amide bonds. The van der Waals surface area contributed by atoms with Gasteiger partial charge in [0.05, 0.1) is 25.4 Å². The van der Waals surface area contributed by atoms with Gasteiger partial charge in [0.25, 0.3) is 0 Å². The second kappa shape index (κ2) is 63.4. The van der Waals surface area contributed by atoms with Gasteiger partial charge in [0, 0.05) is 12.8 Å². The van der Waals surface area contributed by atoms with Crippen molar-refractivity contribution in [2.75, 3.05) is 13.2 Å². The van der Waals surface area contributed by atoms with Gasteiger partial charge < -0.3 is 20.3 Å². The highest BCUT2D eigenvalue weighted by atomic mass is 16.5. The zero-order valence-corrected chi connectivity index (χ0v) is 49.6. The maximum Gasteiger partial charge on any atom is 0.305 e. The van der Waals surface area contributed by atoms with Crippen LogP contribution in [-0.4, -0.2) is 47.4 Å². The third kappa shape index (κ3) is 59.1. The lowest BCUT2D eigenvalue weighted by Crippen LogP contribution is -2.45. The summed E-state index contributed by atoms with van der Waals surface area (Å²) in [6, 6.07) is -0.633. The maximum atomic E-state index is 12.5. The normalized spacial score (nSPS) is 12.9. The van der Waals surface area contributed by atoms with E-state index < -0.39 is 12.1 Å². The van der Waals surface area contributed by atoms with E-state index in [9.17, 15) is 19.8 Å². The second-order valence-corrected chi connectivity index (χ2v) is 22.4.